The highest BCUT2D eigenvalue weighted by atomic mass is 35.5. The number of likely N-dealkylation sites (N-methyl/N-ethyl adjacent to an activating group) is 1. The lowest BCUT2D eigenvalue weighted by molar-refractivity contribution is -0.128. The largest absolute Gasteiger partial charge is 0.438 e. The number of pyridine rings is 2. The number of hydrogen-bond acceptors (Lipinski definition) is 8. The summed E-state index contributed by atoms with van der Waals surface area (Å²) < 4.78 is 7.13. The molecule has 3 aliphatic rings. The van der Waals surface area contributed by atoms with Gasteiger partial charge in [-0.2, -0.15) is 10.2 Å². The lowest BCUT2D eigenvalue weighted by Crippen LogP contribution is -2.55. The van der Waals surface area contributed by atoms with E-state index < -0.39 is 0 Å². The zero-order valence-corrected chi connectivity index (χ0v) is 31.9. The Kier molecular flexibility index (Phi) is 9.74. The average Bonchev–Trinajstić information content (AvgIpc) is 3.17. The van der Waals surface area contributed by atoms with Crippen molar-refractivity contribution in [1.29, 1.82) is 5.26 Å². The van der Waals surface area contributed by atoms with Gasteiger partial charge in [-0.25, -0.2) is 0 Å². The summed E-state index contributed by atoms with van der Waals surface area (Å²) >= 11 is 6.91. The first-order valence-electron chi connectivity index (χ1n) is 18.7. The third kappa shape index (κ3) is 6.44. The Bertz CT molecular complexity index is 2310. The van der Waals surface area contributed by atoms with Crippen LogP contribution in [0.3, 0.4) is 0 Å². The Morgan fingerprint density at radius 3 is 2.56 bits per heavy atom. The van der Waals surface area contributed by atoms with Crippen LogP contribution in [0.4, 0.5) is 11.5 Å². The second-order valence-corrected chi connectivity index (χ2v) is 15.0. The van der Waals surface area contributed by atoms with Crippen molar-refractivity contribution >= 4 is 39.8 Å². The predicted octanol–water partition coefficient (Wildman–Crippen LogP) is 8.03. The van der Waals surface area contributed by atoms with Crippen molar-refractivity contribution in [3.63, 3.8) is 0 Å². The van der Waals surface area contributed by atoms with E-state index in [1.165, 1.54) is 17.2 Å². The number of carbonyl (C=O) groups is 1. The van der Waals surface area contributed by atoms with E-state index in [9.17, 15) is 10.1 Å². The molecule has 8 rings (SSSR count). The van der Waals surface area contributed by atoms with E-state index in [4.69, 9.17) is 26.3 Å². The van der Waals surface area contributed by atoms with Crippen molar-refractivity contribution in [1.82, 2.24) is 19.8 Å². The zero-order valence-electron chi connectivity index (χ0n) is 31.1. The fourth-order valence-corrected chi connectivity index (χ4v) is 8.93. The summed E-state index contributed by atoms with van der Waals surface area (Å²) in [4.78, 5) is 32.0. The number of ether oxygens (including phenoxy) is 1. The van der Waals surface area contributed by atoms with Crippen LogP contribution in [-0.2, 0) is 30.7 Å². The van der Waals surface area contributed by atoms with Gasteiger partial charge in [0.2, 0.25) is 11.8 Å². The SMILES string of the molecule is C=CC(=O)N1CCN(c2nc(Oc3cccc4c3CCN(C)C4)c(-c3c(C)ccnc3C)c3c2CCN(c2cccc4cccc(Cl)c24)C3)C[C@@H]1CC#N. The number of amides is 1. The second-order valence-electron chi connectivity index (χ2n) is 14.6. The van der Waals surface area contributed by atoms with Crippen LogP contribution in [0.25, 0.3) is 21.9 Å². The molecule has 1 amide bonds. The van der Waals surface area contributed by atoms with Crippen molar-refractivity contribution in [3.8, 4) is 28.8 Å². The summed E-state index contributed by atoms with van der Waals surface area (Å²) in [5.74, 6) is 2.04. The highest BCUT2D eigenvalue weighted by Crippen LogP contribution is 2.47. The van der Waals surface area contributed by atoms with Crippen LogP contribution in [0.1, 0.15) is 39.9 Å². The molecule has 1 saturated heterocycles. The van der Waals surface area contributed by atoms with E-state index in [0.29, 0.717) is 32.1 Å². The van der Waals surface area contributed by atoms with Gasteiger partial charge in [-0.1, -0.05) is 54.6 Å². The smallest absolute Gasteiger partial charge is 0.246 e. The normalized spacial score (nSPS) is 17.2. The highest BCUT2D eigenvalue weighted by Gasteiger charge is 2.36. The number of nitriles is 1. The number of carbonyl (C=O) groups excluding carboxylic acids is 1. The molecule has 0 N–H and O–H groups in total. The van der Waals surface area contributed by atoms with E-state index in [0.717, 1.165) is 99.0 Å². The first kappa shape index (κ1) is 35.6. The number of nitrogens with zero attached hydrogens (tertiary/aromatic N) is 7. The van der Waals surface area contributed by atoms with Gasteiger partial charge < -0.3 is 24.3 Å². The van der Waals surface area contributed by atoms with Crippen LogP contribution < -0.4 is 14.5 Å². The summed E-state index contributed by atoms with van der Waals surface area (Å²) in [6.07, 6.45) is 5.02. The van der Waals surface area contributed by atoms with E-state index in [1.54, 1.807) is 4.90 Å². The quantitative estimate of drug-likeness (QED) is 0.155. The van der Waals surface area contributed by atoms with Crippen molar-refractivity contribution < 1.29 is 9.53 Å². The third-order valence-corrected chi connectivity index (χ3v) is 11.6. The van der Waals surface area contributed by atoms with E-state index >= 15 is 0 Å². The average molecular weight is 738 g/mol. The number of anilines is 2. The number of halogens is 1. The fourth-order valence-electron chi connectivity index (χ4n) is 8.65. The lowest BCUT2D eigenvalue weighted by Gasteiger charge is -2.43. The van der Waals surface area contributed by atoms with Gasteiger partial charge in [0.1, 0.15) is 11.6 Å². The van der Waals surface area contributed by atoms with Gasteiger partial charge in [0, 0.05) is 85.5 Å². The minimum atomic E-state index is -0.297. The van der Waals surface area contributed by atoms with Gasteiger partial charge >= 0.3 is 0 Å². The molecule has 2 aromatic heterocycles. The number of aryl methyl sites for hydroxylation is 2. The molecule has 54 heavy (non-hydrogen) atoms. The molecule has 0 spiro atoms. The first-order valence-corrected chi connectivity index (χ1v) is 19.1. The van der Waals surface area contributed by atoms with Gasteiger partial charge in [0.25, 0.3) is 0 Å². The minimum absolute atomic E-state index is 0.157. The molecule has 5 aromatic rings. The first-order chi connectivity index (χ1) is 26.2. The molecule has 0 unspecified atom stereocenters. The van der Waals surface area contributed by atoms with Gasteiger partial charge in [-0.3, -0.25) is 9.78 Å². The monoisotopic (exact) mass is 737 g/mol. The number of rotatable bonds is 7. The van der Waals surface area contributed by atoms with Crippen LogP contribution in [0.5, 0.6) is 11.6 Å². The van der Waals surface area contributed by atoms with Crippen molar-refractivity contribution in [2.75, 3.05) is 49.6 Å². The summed E-state index contributed by atoms with van der Waals surface area (Å²) in [6, 6.07) is 22.8. The van der Waals surface area contributed by atoms with Gasteiger partial charge in [-0.05, 0) is 86.2 Å². The number of hydrogen-bond donors (Lipinski definition) is 0. The van der Waals surface area contributed by atoms with E-state index in [-0.39, 0.29) is 18.4 Å². The molecule has 1 atom stereocenters. The predicted molar refractivity (Wildman–Crippen MR) is 215 cm³/mol. The van der Waals surface area contributed by atoms with Crippen molar-refractivity contribution in [2.45, 2.75) is 52.2 Å². The second kappa shape index (κ2) is 14.8. The molecule has 9 nitrogen and oxygen atoms in total. The molecule has 0 saturated carbocycles. The molecular weight excluding hydrogens is 694 g/mol. The standard InChI is InChI=1S/C44H44ClN7O2/c1-5-39(53)52-24-23-51(26-32(52)15-19-46)43-34-18-22-50(37-13-7-10-30-9-6-12-36(45)41(30)37)27-35(34)42(40-28(2)16-20-47-29(40)3)44(48-43)54-38-14-8-11-31-25-49(4)21-17-33(31)38/h5-14,16,20,32H,1,15,17-18,21-27H2,2-4H3/t32-/m0/s1. The Labute approximate surface area is 322 Å². The fraction of sp³-hybridized carbons (Fsp3) is 0.318. The van der Waals surface area contributed by atoms with Crippen molar-refractivity contribution in [3.05, 3.63) is 118 Å². The lowest BCUT2D eigenvalue weighted by atomic mass is 9.88. The van der Waals surface area contributed by atoms with E-state index in [1.807, 2.05) is 18.3 Å². The van der Waals surface area contributed by atoms with E-state index in [2.05, 4.69) is 96.8 Å². The number of aromatic nitrogens is 2. The van der Waals surface area contributed by atoms with Crippen LogP contribution in [0.2, 0.25) is 5.02 Å². The molecule has 1 fully saturated rings. The molecule has 0 radical (unpaired) electrons. The maximum absolute atomic E-state index is 12.9. The van der Waals surface area contributed by atoms with Crippen molar-refractivity contribution in [2.24, 2.45) is 0 Å². The third-order valence-electron chi connectivity index (χ3n) is 11.3. The molecule has 0 aliphatic carbocycles. The highest BCUT2D eigenvalue weighted by molar-refractivity contribution is 6.36. The number of fused-ring (bicyclic) bond motifs is 3. The molecule has 274 valence electrons. The van der Waals surface area contributed by atoms with Crippen LogP contribution in [-0.4, -0.2) is 71.5 Å². The van der Waals surface area contributed by atoms with Crippen LogP contribution in [0, 0.1) is 25.2 Å². The minimum Gasteiger partial charge on any atom is -0.438 e. The molecular formula is C44H44ClN7O2. The number of benzene rings is 3. The maximum Gasteiger partial charge on any atom is 0.246 e. The van der Waals surface area contributed by atoms with Gasteiger partial charge in [-0.15, -0.1) is 0 Å². The topological polar surface area (TPSA) is 88.8 Å². The van der Waals surface area contributed by atoms with Crippen LogP contribution >= 0.6 is 11.6 Å². The molecule has 0 bridgehead atoms. The Morgan fingerprint density at radius 2 is 1.76 bits per heavy atom. The summed E-state index contributed by atoms with van der Waals surface area (Å²) in [5.41, 5.74) is 9.81. The molecule has 10 heteroatoms. The zero-order chi connectivity index (χ0) is 37.5. The Morgan fingerprint density at radius 1 is 0.963 bits per heavy atom. The maximum atomic E-state index is 12.9. The summed E-state index contributed by atoms with van der Waals surface area (Å²) in [6.45, 7) is 12.6. The van der Waals surface area contributed by atoms with Gasteiger partial charge in [0.15, 0.2) is 0 Å². The Balaban J connectivity index is 1.34. The summed E-state index contributed by atoms with van der Waals surface area (Å²) in [7, 11) is 2.15. The van der Waals surface area contributed by atoms with Gasteiger partial charge in [0.05, 0.1) is 29.1 Å². The molecule has 3 aliphatic heterocycles. The Hall–Kier alpha value is -5.43. The van der Waals surface area contributed by atoms with Crippen LogP contribution in [0.15, 0.2) is 79.5 Å². The molecule has 3 aromatic carbocycles. The summed E-state index contributed by atoms with van der Waals surface area (Å²) in [5, 5.41) is 12.7. The number of piperazine rings is 1. The molecule has 5 heterocycles.